The first-order valence-corrected chi connectivity index (χ1v) is 11.0. The molecule has 6 nitrogen and oxygen atoms in total. The van der Waals surface area contributed by atoms with Crippen LogP contribution in [0.3, 0.4) is 0 Å². The van der Waals surface area contributed by atoms with Crippen molar-refractivity contribution >= 4 is 15.7 Å². The highest BCUT2D eigenvalue weighted by molar-refractivity contribution is 7.92. The van der Waals surface area contributed by atoms with Crippen molar-refractivity contribution in [2.24, 2.45) is 7.05 Å². The zero-order chi connectivity index (χ0) is 23.5. The number of sulfonamides is 1. The molecule has 0 bridgehead atoms. The quantitative estimate of drug-likeness (QED) is 0.464. The van der Waals surface area contributed by atoms with Crippen molar-refractivity contribution in [1.29, 1.82) is 0 Å². The van der Waals surface area contributed by atoms with Gasteiger partial charge in [-0.15, -0.1) is 0 Å². The van der Waals surface area contributed by atoms with E-state index >= 15 is 0 Å². The zero-order valence-electron chi connectivity index (χ0n) is 17.9. The molecule has 1 aromatic heterocycles. The molecule has 2 aromatic rings. The lowest BCUT2D eigenvalue weighted by molar-refractivity contribution is 0.403. The smallest absolute Gasteiger partial charge is 0.253 e. The van der Waals surface area contributed by atoms with Gasteiger partial charge in [0.1, 0.15) is 17.3 Å². The fourth-order valence-electron chi connectivity index (χ4n) is 2.74. The van der Waals surface area contributed by atoms with Crippen molar-refractivity contribution < 1.29 is 21.9 Å². The minimum Gasteiger partial charge on any atom is -0.458 e. The summed E-state index contributed by atoms with van der Waals surface area (Å²) in [5, 5.41) is 0. The average Bonchev–Trinajstić information content (AvgIpc) is 2.70. The van der Waals surface area contributed by atoms with Crippen molar-refractivity contribution in [3.8, 4) is 16.9 Å². The Morgan fingerprint density at radius 2 is 1.90 bits per heavy atom. The maximum absolute atomic E-state index is 14.3. The Kier molecular flexibility index (Phi) is 7.22. The van der Waals surface area contributed by atoms with E-state index in [2.05, 4.69) is 6.58 Å². The predicted octanol–water partition coefficient (Wildman–Crippen LogP) is 4.38. The molecule has 2 rings (SSSR count). The highest BCUT2D eigenvalue weighted by Crippen LogP contribution is 2.35. The first-order valence-electron chi connectivity index (χ1n) is 9.14. The number of pyridine rings is 1. The third kappa shape index (κ3) is 5.69. The highest BCUT2D eigenvalue weighted by atomic mass is 32.2. The molecule has 1 heterocycles. The van der Waals surface area contributed by atoms with E-state index in [4.69, 9.17) is 4.74 Å². The molecule has 1 aromatic carbocycles. The van der Waals surface area contributed by atoms with Crippen LogP contribution in [-0.4, -0.2) is 26.3 Å². The van der Waals surface area contributed by atoms with E-state index in [1.807, 2.05) is 0 Å². The molecule has 0 spiro atoms. The van der Waals surface area contributed by atoms with E-state index in [1.54, 1.807) is 32.3 Å². The van der Waals surface area contributed by atoms with Crippen LogP contribution in [0.5, 0.6) is 5.75 Å². The second-order valence-corrected chi connectivity index (χ2v) is 8.99. The van der Waals surface area contributed by atoms with Gasteiger partial charge in [-0.2, -0.15) is 0 Å². The van der Waals surface area contributed by atoms with Crippen LogP contribution in [0.1, 0.15) is 12.5 Å². The fraction of sp³-hybridized carbons (Fsp3) is 0.227. The van der Waals surface area contributed by atoms with E-state index in [9.17, 15) is 22.0 Å². The summed E-state index contributed by atoms with van der Waals surface area (Å²) < 4.78 is 59.6. The van der Waals surface area contributed by atoms with Crippen LogP contribution in [0.15, 0.2) is 71.4 Å². The molecule has 0 atom stereocenters. The van der Waals surface area contributed by atoms with Gasteiger partial charge in [0.15, 0.2) is 5.83 Å². The fourth-order valence-corrected chi connectivity index (χ4v) is 3.24. The Labute approximate surface area is 180 Å². The summed E-state index contributed by atoms with van der Waals surface area (Å²) in [6.45, 7) is 6.20. The summed E-state index contributed by atoms with van der Waals surface area (Å²) in [6, 6.07) is 6.17. The number of rotatable bonds is 7. The monoisotopic (exact) mass is 450 g/mol. The van der Waals surface area contributed by atoms with Gasteiger partial charge < -0.3 is 9.30 Å². The maximum atomic E-state index is 14.3. The number of nitrogens with zero attached hydrogens (tertiary/aromatic N) is 2. The lowest BCUT2D eigenvalue weighted by Gasteiger charge is -2.20. The molecule has 31 heavy (non-hydrogen) atoms. The number of benzene rings is 1. The van der Waals surface area contributed by atoms with Crippen molar-refractivity contribution in [1.82, 2.24) is 4.57 Å². The van der Waals surface area contributed by atoms with E-state index in [-0.39, 0.29) is 17.1 Å². The van der Waals surface area contributed by atoms with Crippen LogP contribution in [0, 0.1) is 6.92 Å². The summed E-state index contributed by atoms with van der Waals surface area (Å²) >= 11 is 0. The van der Waals surface area contributed by atoms with Crippen LogP contribution < -0.4 is 14.6 Å². The molecule has 0 fully saturated rings. The lowest BCUT2D eigenvalue weighted by atomic mass is 10.0. The summed E-state index contributed by atoms with van der Waals surface area (Å²) in [4.78, 5) is 12.1. The number of hydrogen-bond donors (Lipinski definition) is 0. The number of hydrogen-bond acceptors (Lipinski definition) is 4. The molecule has 0 aliphatic carbocycles. The van der Waals surface area contributed by atoms with Crippen molar-refractivity contribution in [2.45, 2.75) is 13.8 Å². The lowest BCUT2D eigenvalue weighted by Crippen LogP contribution is -2.24. The van der Waals surface area contributed by atoms with Crippen LogP contribution in [0.2, 0.25) is 0 Å². The van der Waals surface area contributed by atoms with E-state index in [0.29, 0.717) is 28.5 Å². The molecule has 0 aliphatic rings. The van der Waals surface area contributed by atoms with E-state index < -0.39 is 21.7 Å². The second-order valence-electron chi connectivity index (χ2n) is 6.98. The highest BCUT2D eigenvalue weighted by Gasteiger charge is 2.17. The second kappa shape index (κ2) is 9.30. The van der Waals surface area contributed by atoms with E-state index in [1.165, 1.54) is 30.7 Å². The summed E-state index contributed by atoms with van der Waals surface area (Å²) in [5.74, 6) is -1.80. The third-order valence-corrected chi connectivity index (χ3v) is 5.76. The summed E-state index contributed by atoms with van der Waals surface area (Å²) in [7, 11) is -0.554. The van der Waals surface area contributed by atoms with Crippen LogP contribution in [0.4, 0.5) is 14.5 Å². The SMILES string of the molecule is C=C/C(F)=C\C(F)=C(/C)Oc1ccc(N(C)S(C)(=O)=O)cc1-c1cc(C)c(=O)n(C)c1. The standard InChI is InChI=1S/C22H24F2N2O4S/c1-7-17(23)11-20(24)15(3)30-21-9-8-18(26(5)31(6,28)29)12-19(21)16-10-14(2)22(27)25(4)13-16/h7-13H,1H2,2-6H3/b17-11+,20-15-. The number of anilines is 1. The molecule has 0 radical (unpaired) electrons. The summed E-state index contributed by atoms with van der Waals surface area (Å²) in [5.41, 5.74) is 1.59. The van der Waals surface area contributed by atoms with Gasteiger partial charge in [0, 0.05) is 43.1 Å². The van der Waals surface area contributed by atoms with Gasteiger partial charge in [-0.1, -0.05) is 6.58 Å². The Hall–Kier alpha value is -3.20. The zero-order valence-corrected chi connectivity index (χ0v) is 18.8. The van der Waals surface area contributed by atoms with Crippen molar-refractivity contribution in [3.05, 3.63) is 82.5 Å². The van der Waals surface area contributed by atoms with E-state index in [0.717, 1.165) is 16.6 Å². The molecule has 0 saturated carbocycles. The molecule has 0 N–H and O–H groups in total. The Bertz CT molecular complexity index is 1220. The van der Waals surface area contributed by atoms with Crippen LogP contribution >= 0.6 is 0 Å². The van der Waals surface area contributed by atoms with Crippen molar-refractivity contribution in [3.63, 3.8) is 0 Å². The molecule has 0 amide bonds. The normalized spacial score (nSPS) is 12.9. The molecular weight excluding hydrogens is 426 g/mol. The number of allylic oxidation sites excluding steroid dienone is 5. The maximum Gasteiger partial charge on any atom is 0.253 e. The number of aromatic nitrogens is 1. The van der Waals surface area contributed by atoms with Gasteiger partial charge in [0.2, 0.25) is 10.0 Å². The molecule has 9 heteroatoms. The molecule has 166 valence electrons. The van der Waals surface area contributed by atoms with Gasteiger partial charge in [-0.25, -0.2) is 17.2 Å². The minimum absolute atomic E-state index is 0.192. The first-order chi connectivity index (χ1) is 14.3. The third-order valence-electron chi connectivity index (χ3n) is 4.56. The first kappa shape index (κ1) is 24.1. The van der Waals surface area contributed by atoms with Crippen molar-refractivity contribution in [2.75, 3.05) is 17.6 Å². The largest absolute Gasteiger partial charge is 0.458 e. The van der Waals surface area contributed by atoms with Gasteiger partial charge in [-0.05, 0) is 44.2 Å². The Morgan fingerprint density at radius 1 is 1.26 bits per heavy atom. The van der Waals surface area contributed by atoms with Gasteiger partial charge in [-0.3, -0.25) is 9.10 Å². The van der Waals surface area contributed by atoms with Gasteiger partial charge >= 0.3 is 0 Å². The summed E-state index contributed by atoms with van der Waals surface area (Å²) in [6.07, 6.45) is 4.14. The number of aryl methyl sites for hydroxylation is 2. The predicted molar refractivity (Wildman–Crippen MR) is 119 cm³/mol. The van der Waals surface area contributed by atoms with Crippen LogP contribution in [-0.2, 0) is 17.1 Å². The molecular formula is C22H24F2N2O4S. The van der Waals surface area contributed by atoms with Gasteiger partial charge in [0.05, 0.1) is 11.9 Å². The van der Waals surface area contributed by atoms with Crippen LogP contribution in [0.25, 0.3) is 11.1 Å². The molecule has 0 unspecified atom stereocenters. The number of halogens is 2. The average molecular weight is 451 g/mol. The van der Waals surface area contributed by atoms with Gasteiger partial charge in [0.25, 0.3) is 5.56 Å². The molecule has 0 aliphatic heterocycles. The minimum atomic E-state index is -3.53. The topological polar surface area (TPSA) is 68.6 Å². The number of ether oxygens (including phenoxy) is 1. The Morgan fingerprint density at radius 3 is 2.45 bits per heavy atom. The molecule has 0 saturated heterocycles. The Balaban J connectivity index is 2.70.